The predicted octanol–water partition coefficient (Wildman–Crippen LogP) is 6.12. The molecule has 0 spiro atoms. The van der Waals surface area contributed by atoms with Gasteiger partial charge in [-0.2, -0.15) is 0 Å². The van der Waals surface area contributed by atoms with Crippen LogP contribution in [-0.4, -0.2) is 25.3 Å². The molecular weight excluding hydrogens is 463 g/mol. The Morgan fingerprint density at radius 2 is 1.44 bits per heavy atom. The van der Waals surface area contributed by atoms with E-state index in [4.69, 9.17) is 19.9 Å². The number of ether oxygens (including phenoxy) is 3. The molecule has 0 unspecified atom stereocenters. The van der Waals surface area contributed by atoms with Crippen molar-refractivity contribution in [1.82, 2.24) is 0 Å². The largest absolute Gasteiger partial charge is 0.497 e. The third-order valence-electron chi connectivity index (χ3n) is 5.66. The average Bonchev–Trinajstić information content (AvgIpc) is 2.89. The highest BCUT2D eigenvalue weighted by Crippen LogP contribution is 2.38. The molecule has 0 radical (unpaired) electrons. The second-order valence-corrected chi connectivity index (χ2v) is 7.89. The smallest absolute Gasteiger partial charge is 0.339 e. The van der Waals surface area contributed by atoms with Gasteiger partial charge >= 0.3 is 5.97 Å². The van der Waals surface area contributed by atoms with E-state index in [-0.39, 0.29) is 28.8 Å². The number of nitrogens with one attached hydrogen (secondary N) is 1. The number of methoxy groups -OCH3 is 2. The first-order chi connectivity index (χ1) is 17.4. The fraction of sp³-hybridized carbons (Fsp3) is 0.107. The Bertz CT molecular complexity index is 1310. The Labute approximate surface area is 207 Å². The Balaban J connectivity index is 1.70. The maximum Gasteiger partial charge on any atom is 0.339 e. The molecule has 0 atom stereocenters. The van der Waals surface area contributed by atoms with Gasteiger partial charge in [-0.25, -0.2) is 9.18 Å². The number of carboxylic acid groups (broad SMARTS) is 1. The van der Waals surface area contributed by atoms with Gasteiger partial charge in [-0.3, -0.25) is 0 Å². The minimum absolute atomic E-state index is 0.145. The molecule has 0 aliphatic carbocycles. The van der Waals surface area contributed by atoms with E-state index < -0.39 is 11.8 Å². The summed E-state index contributed by atoms with van der Waals surface area (Å²) in [6.45, 7) is 0. The predicted molar refractivity (Wildman–Crippen MR) is 136 cm³/mol. The highest BCUT2D eigenvalue weighted by molar-refractivity contribution is 5.91. The van der Waals surface area contributed by atoms with Crippen LogP contribution in [-0.2, 0) is 0 Å². The number of rotatable bonds is 9. The van der Waals surface area contributed by atoms with Crippen molar-refractivity contribution in [2.24, 2.45) is 0 Å². The van der Waals surface area contributed by atoms with Crippen LogP contribution in [0, 0.1) is 5.82 Å². The zero-order valence-electron chi connectivity index (χ0n) is 19.7. The second kappa shape index (κ2) is 10.7. The fourth-order valence-corrected chi connectivity index (χ4v) is 3.74. The van der Waals surface area contributed by atoms with Crippen molar-refractivity contribution in [2.45, 2.75) is 6.04 Å². The minimum atomic E-state index is -1.24. The molecule has 0 saturated carbocycles. The molecular formula is C28H25FN2O5. The third kappa shape index (κ3) is 5.33. The molecule has 8 heteroatoms. The van der Waals surface area contributed by atoms with Gasteiger partial charge < -0.3 is 30.4 Å². The molecule has 4 N–H and O–H groups in total. The van der Waals surface area contributed by atoms with Crippen molar-refractivity contribution in [2.75, 3.05) is 25.3 Å². The number of carboxylic acids is 1. The number of nitrogens with two attached hydrogens (primary N) is 1. The normalized spacial score (nSPS) is 10.7. The zero-order chi connectivity index (χ0) is 25.7. The van der Waals surface area contributed by atoms with Gasteiger partial charge in [0.1, 0.15) is 28.6 Å². The van der Waals surface area contributed by atoms with Crippen LogP contribution in [0.4, 0.5) is 15.8 Å². The quantitative estimate of drug-likeness (QED) is 0.244. The molecule has 4 aromatic carbocycles. The molecule has 0 saturated heterocycles. The van der Waals surface area contributed by atoms with E-state index in [2.05, 4.69) is 5.32 Å². The van der Waals surface area contributed by atoms with E-state index in [1.54, 1.807) is 32.4 Å². The first kappa shape index (κ1) is 24.4. The molecule has 0 aliphatic rings. The van der Waals surface area contributed by atoms with Crippen molar-refractivity contribution in [3.05, 3.63) is 107 Å². The molecule has 36 heavy (non-hydrogen) atoms. The van der Waals surface area contributed by atoms with E-state index in [0.717, 1.165) is 40.8 Å². The lowest BCUT2D eigenvalue weighted by Gasteiger charge is -2.23. The molecule has 0 amide bonds. The lowest BCUT2D eigenvalue weighted by atomic mass is 9.98. The van der Waals surface area contributed by atoms with Crippen molar-refractivity contribution < 1.29 is 28.5 Å². The lowest BCUT2D eigenvalue weighted by molar-refractivity contribution is 0.0694. The summed E-state index contributed by atoms with van der Waals surface area (Å²) >= 11 is 0. The van der Waals surface area contributed by atoms with Crippen LogP contribution >= 0.6 is 0 Å². The number of nitrogen functional groups attached to an aromatic ring is 1. The Kier molecular flexibility index (Phi) is 7.25. The SMILES string of the molecule is COc1ccc(C(Nc2cccc(Oc3cc(F)ccc3C(=O)O)c2N)c2ccc(OC)cc2)cc1. The van der Waals surface area contributed by atoms with Crippen LogP contribution in [0.3, 0.4) is 0 Å². The number of hydrogen-bond donors (Lipinski definition) is 3. The van der Waals surface area contributed by atoms with Gasteiger partial charge in [-0.1, -0.05) is 30.3 Å². The maximum absolute atomic E-state index is 13.8. The maximum atomic E-state index is 13.8. The molecule has 4 rings (SSSR count). The van der Waals surface area contributed by atoms with E-state index in [0.29, 0.717) is 5.69 Å². The van der Waals surface area contributed by atoms with E-state index in [1.807, 2.05) is 48.5 Å². The summed E-state index contributed by atoms with van der Waals surface area (Å²) in [4.78, 5) is 11.6. The molecule has 0 fully saturated rings. The Morgan fingerprint density at radius 1 is 0.861 bits per heavy atom. The number of aromatic carboxylic acids is 1. The van der Waals surface area contributed by atoms with Crippen LogP contribution < -0.4 is 25.3 Å². The summed E-state index contributed by atoms with van der Waals surface area (Å²) in [6, 6.07) is 23.3. The summed E-state index contributed by atoms with van der Waals surface area (Å²) in [6.07, 6.45) is 0. The Morgan fingerprint density at radius 3 is 1.97 bits per heavy atom. The van der Waals surface area contributed by atoms with Crippen molar-refractivity contribution >= 4 is 17.3 Å². The molecule has 7 nitrogen and oxygen atoms in total. The molecule has 0 aliphatic heterocycles. The minimum Gasteiger partial charge on any atom is -0.497 e. The van der Waals surface area contributed by atoms with Gasteiger partial charge in [0.05, 0.1) is 31.6 Å². The van der Waals surface area contributed by atoms with Gasteiger partial charge in [-0.15, -0.1) is 0 Å². The topological polar surface area (TPSA) is 103 Å². The van der Waals surface area contributed by atoms with E-state index >= 15 is 0 Å². The molecule has 0 bridgehead atoms. The summed E-state index contributed by atoms with van der Waals surface area (Å²) in [7, 11) is 3.21. The van der Waals surface area contributed by atoms with Crippen LogP contribution in [0.1, 0.15) is 27.5 Å². The molecule has 0 aromatic heterocycles. The zero-order valence-corrected chi connectivity index (χ0v) is 19.7. The molecule has 4 aromatic rings. The monoisotopic (exact) mass is 488 g/mol. The highest BCUT2D eigenvalue weighted by atomic mass is 19.1. The highest BCUT2D eigenvalue weighted by Gasteiger charge is 2.19. The molecule has 184 valence electrons. The van der Waals surface area contributed by atoms with Crippen molar-refractivity contribution in [1.29, 1.82) is 0 Å². The van der Waals surface area contributed by atoms with Gasteiger partial charge in [0.15, 0.2) is 5.75 Å². The first-order valence-electron chi connectivity index (χ1n) is 11.0. The summed E-state index contributed by atoms with van der Waals surface area (Å²) in [5.74, 6) is -0.360. The number of hydrogen-bond acceptors (Lipinski definition) is 6. The first-order valence-corrected chi connectivity index (χ1v) is 11.0. The van der Waals surface area contributed by atoms with E-state index in [1.165, 1.54) is 0 Å². The van der Waals surface area contributed by atoms with Crippen LogP contribution in [0.25, 0.3) is 0 Å². The van der Waals surface area contributed by atoms with Crippen molar-refractivity contribution in [3.63, 3.8) is 0 Å². The fourth-order valence-electron chi connectivity index (χ4n) is 3.74. The van der Waals surface area contributed by atoms with Gasteiger partial charge in [0.2, 0.25) is 0 Å². The van der Waals surface area contributed by atoms with Crippen LogP contribution in [0.2, 0.25) is 0 Å². The standard InChI is InChI=1S/C28H25FN2O5/c1-34-20-11-6-17(7-12-20)27(18-8-13-21(35-2)14-9-18)31-23-4-3-5-24(26(23)30)36-25-16-19(29)10-15-22(25)28(32)33/h3-16,27,31H,30H2,1-2H3,(H,32,33). The second-order valence-electron chi connectivity index (χ2n) is 7.89. The summed E-state index contributed by atoms with van der Waals surface area (Å²) < 4.78 is 30.1. The molecule has 0 heterocycles. The summed E-state index contributed by atoms with van der Waals surface area (Å²) in [5, 5.41) is 12.9. The van der Waals surface area contributed by atoms with Crippen LogP contribution in [0.5, 0.6) is 23.0 Å². The van der Waals surface area contributed by atoms with E-state index in [9.17, 15) is 14.3 Å². The van der Waals surface area contributed by atoms with Gasteiger partial charge in [0, 0.05) is 6.07 Å². The number of anilines is 2. The number of para-hydroxylation sites is 1. The van der Waals surface area contributed by atoms with Crippen molar-refractivity contribution in [3.8, 4) is 23.0 Å². The number of benzene rings is 4. The summed E-state index contributed by atoms with van der Waals surface area (Å²) in [5.41, 5.74) is 8.94. The average molecular weight is 489 g/mol. The third-order valence-corrected chi connectivity index (χ3v) is 5.66. The number of halogens is 1. The number of carbonyl (C=O) groups is 1. The van der Waals surface area contributed by atoms with Crippen LogP contribution in [0.15, 0.2) is 84.9 Å². The Hall–Kier alpha value is -4.72. The van der Waals surface area contributed by atoms with Gasteiger partial charge in [0.25, 0.3) is 0 Å². The lowest BCUT2D eigenvalue weighted by Crippen LogP contribution is -2.14. The van der Waals surface area contributed by atoms with Gasteiger partial charge in [-0.05, 0) is 59.7 Å².